The maximum absolute atomic E-state index is 5.70. The van der Waals surface area contributed by atoms with Crippen molar-refractivity contribution in [2.45, 2.75) is 44.9 Å². The Morgan fingerprint density at radius 3 is 2.69 bits per heavy atom. The van der Waals surface area contributed by atoms with Crippen molar-refractivity contribution in [2.24, 2.45) is 5.92 Å². The Bertz CT molecular complexity index is 316. The Balaban J connectivity index is 1.91. The SMILES string of the molecule is CNCCc1nnc(C2CCC(C)CC2)o1. The summed E-state index contributed by atoms with van der Waals surface area (Å²) in [7, 11) is 1.93. The van der Waals surface area contributed by atoms with Crippen LogP contribution in [0.25, 0.3) is 0 Å². The van der Waals surface area contributed by atoms with Crippen molar-refractivity contribution in [1.29, 1.82) is 0 Å². The van der Waals surface area contributed by atoms with E-state index in [2.05, 4.69) is 22.4 Å². The molecule has 1 aliphatic rings. The quantitative estimate of drug-likeness (QED) is 0.849. The van der Waals surface area contributed by atoms with E-state index in [0.29, 0.717) is 5.92 Å². The number of nitrogens with one attached hydrogen (secondary N) is 1. The van der Waals surface area contributed by atoms with Crippen LogP contribution in [0, 0.1) is 5.92 Å². The van der Waals surface area contributed by atoms with Gasteiger partial charge in [-0.2, -0.15) is 0 Å². The summed E-state index contributed by atoms with van der Waals surface area (Å²) in [5.41, 5.74) is 0. The third-order valence-electron chi connectivity index (χ3n) is 3.44. The summed E-state index contributed by atoms with van der Waals surface area (Å²) in [5.74, 6) is 3.00. The van der Waals surface area contributed by atoms with Crippen LogP contribution in [0.15, 0.2) is 4.42 Å². The fraction of sp³-hybridized carbons (Fsp3) is 0.833. The van der Waals surface area contributed by atoms with E-state index >= 15 is 0 Å². The Morgan fingerprint density at radius 1 is 1.25 bits per heavy atom. The third kappa shape index (κ3) is 2.82. The van der Waals surface area contributed by atoms with Crippen molar-refractivity contribution in [3.05, 3.63) is 11.8 Å². The van der Waals surface area contributed by atoms with Crippen molar-refractivity contribution in [3.8, 4) is 0 Å². The van der Waals surface area contributed by atoms with Gasteiger partial charge < -0.3 is 9.73 Å². The molecule has 0 atom stereocenters. The molecule has 1 fully saturated rings. The molecule has 16 heavy (non-hydrogen) atoms. The van der Waals surface area contributed by atoms with Gasteiger partial charge in [-0.1, -0.05) is 6.92 Å². The molecule has 1 aromatic heterocycles. The molecule has 0 aromatic carbocycles. The maximum atomic E-state index is 5.70. The molecule has 0 bridgehead atoms. The minimum Gasteiger partial charge on any atom is -0.425 e. The van der Waals surface area contributed by atoms with Gasteiger partial charge in [-0.05, 0) is 38.6 Å². The first-order chi connectivity index (χ1) is 7.79. The van der Waals surface area contributed by atoms with E-state index < -0.39 is 0 Å². The fourth-order valence-electron chi connectivity index (χ4n) is 2.27. The Hall–Kier alpha value is -0.900. The molecular formula is C12H21N3O. The highest BCUT2D eigenvalue weighted by Gasteiger charge is 2.24. The molecular weight excluding hydrogens is 202 g/mol. The molecule has 0 unspecified atom stereocenters. The van der Waals surface area contributed by atoms with Gasteiger partial charge in [0.1, 0.15) is 0 Å². The van der Waals surface area contributed by atoms with E-state index in [0.717, 1.165) is 30.7 Å². The summed E-state index contributed by atoms with van der Waals surface area (Å²) in [6.07, 6.45) is 5.81. The highest BCUT2D eigenvalue weighted by Crippen LogP contribution is 2.34. The summed E-state index contributed by atoms with van der Waals surface area (Å²) in [5, 5.41) is 11.3. The third-order valence-corrected chi connectivity index (χ3v) is 3.44. The van der Waals surface area contributed by atoms with Crippen LogP contribution in [0.2, 0.25) is 0 Å². The molecule has 90 valence electrons. The highest BCUT2D eigenvalue weighted by molar-refractivity contribution is 4.94. The summed E-state index contributed by atoms with van der Waals surface area (Å²) < 4.78 is 5.70. The van der Waals surface area contributed by atoms with Gasteiger partial charge in [-0.25, -0.2) is 0 Å². The molecule has 1 aromatic rings. The zero-order valence-corrected chi connectivity index (χ0v) is 10.2. The van der Waals surface area contributed by atoms with Crippen molar-refractivity contribution in [3.63, 3.8) is 0 Å². The zero-order valence-electron chi connectivity index (χ0n) is 10.2. The first-order valence-corrected chi connectivity index (χ1v) is 6.26. The lowest BCUT2D eigenvalue weighted by molar-refractivity contribution is 0.302. The van der Waals surface area contributed by atoms with Gasteiger partial charge in [0.25, 0.3) is 0 Å². The normalized spacial score (nSPS) is 25.9. The zero-order chi connectivity index (χ0) is 11.4. The number of hydrogen-bond donors (Lipinski definition) is 1. The largest absolute Gasteiger partial charge is 0.425 e. The number of hydrogen-bond acceptors (Lipinski definition) is 4. The summed E-state index contributed by atoms with van der Waals surface area (Å²) in [6.45, 7) is 3.21. The lowest BCUT2D eigenvalue weighted by atomic mass is 9.83. The molecule has 4 nitrogen and oxygen atoms in total. The smallest absolute Gasteiger partial charge is 0.219 e. The molecule has 1 saturated carbocycles. The van der Waals surface area contributed by atoms with Gasteiger partial charge in [0.2, 0.25) is 11.8 Å². The number of rotatable bonds is 4. The van der Waals surface area contributed by atoms with Crippen molar-refractivity contribution >= 4 is 0 Å². The van der Waals surface area contributed by atoms with E-state index in [-0.39, 0.29) is 0 Å². The van der Waals surface area contributed by atoms with Crippen LogP contribution in [0.4, 0.5) is 0 Å². The molecule has 0 amide bonds. The van der Waals surface area contributed by atoms with E-state index in [1.165, 1.54) is 25.7 Å². The standard InChI is InChI=1S/C12H21N3O/c1-9-3-5-10(6-4-9)12-15-14-11(16-12)7-8-13-2/h9-10,13H,3-8H2,1-2H3. The van der Waals surface area contributed by atoms with Crippen LogP contribution in [0.5, 0.6) is 0 Å². The molecule has 0 radical (unpaired) electrons. The second-order valence-corrected chi connectivity index (χ2v) is 4.84. The molecule has 4 heteroatoms. The van der Waals surface area contributed by atoms with Crippen molar-refractivity contribution in [2.75, 3.05) is 13.6 Å². The van der Waals surface area contributed by atoms with E-state index in [1.807, 2.05) is 7.05 Å². The fourth-order valence-corrected chi connectivity index (χ4v) is 2.27. The second kappa shape index (κ2) is 5.43. The van der Waals surface area contributed by atoms with Crippen LogP contribution >= 0.6 is 0 Å². The average Bonchev–Trinajstić information content (AvgIpc) is 2.76. The number of aromatic nitrogens is 2. The van der Waals surface area contributed by atoms with Gasteiger partial charge in [-0.3, -0.25) is 0 Å². The van der Waals surface area contributed by atoms with E-state index in [4.69, 9.17) is 4.42 Å². The van der Waals surface area contributed by atoms with E-state index in [1.54, 1.807) is 0 Å². The summed E-state index contributed by atoms with van der Waals surface area (Å²) >= 11 is 0. The lowest BCUT2D eigenvalue weighted by Crippen LogP contribution is -2.11. The van der Waals surface area contributed by atoms with Gasteiger partial charge in [0.15, 0.2) is 0 Å². The highest BCUT2D eigenvalue weighted by atomic mass is 16.4. The Labute approximate surface area is 96.8 Å². The minimum absolute atomic E-state index is 0.507. The van der Waals surface area contributed by atoms with Crippen LogP contribution in [-0.2, 0) is 6.42 Å². The predicted molar refractivity (Wildman–Crippen MR) is 62.3 cm³/mol. The number of nitrogens with zero attached hydrogens (tertiary/aromatic N) is 2. The first kappa shape index (κ1) is 11.6. The van der Waals surface area contributed by atoms with Gasteiger partial charge in [0.05, 0.1) is 0 Å². The van der Waals surface area contributed by atoms with Crippen molar-refractivity contribution < 1.29 is 4.42 Å². The predicted octanol–water partition coefficient (Wildman–Crippen LogP) is 2.13. The molecule has 1 heterocycles. The van der Waals surface area contributed by atoms with E-state index in [9.17, 15) is 0 Å². The molecule has 2 rings (SSSR count). The monoisotopic (exact) mass is 223 g/mol. The molecule has 0 saturated heterocycles. The van der Waals surface area contributed by atoms with Gasteiger partial charge >= 0.3 is 0 Å². The molecule has 1 aliphatic carbocycles. The lowest BCUT2D eigenvalue weighted by Gasteiger charge is -2.23. The van der Waals surface area contributed by atoms with Crippen LogP contribution in [0.3, 0.4) is 0 Å². The molecule has 1 N–H and O–H groups in total. The summed E-state index contributed by atoms with van der Waals surface area (Å²) in [4.78, 5) is 0. The minimum atomic E-state index is 0.507. The second-order valence-electron chi connectivity index (χ2n) is 4.84. The topological polar surface area (TPSA) is 51.0 Å². The Kier molecular flexibility index (Phi) is 3.93. The van der Waals surface area contributed by atoms with Crippen molar-refractivity contribution in [1.82, 2.24) is 15.5 Å². The van der Waals surface area contributed by atoms with Crippen LogP contribution < -0.4 is 5.32 Å². The van der Waals surface area contributed by atoms with Crippen LogP contribution in [-0.4, -0.2) is 23.8 Å². The summed E-state index contributed by atoms with van der Waals surface area (Å²) in [6, 6.07) is 0. The molecule has 0 spiro atoms. The maximum Gasteiger partial charge on any atom is 0.219 e. The van der Waals surface area contributed by atoms with Gasteiger partial charge in [0, 0.05) is 18.9 Å². The van der Waals surface area contributed by atoms with Gasteiger partial charge in [-0.15, -0.1) is 10.2 Å². The number of likely N-dealkylation sites (N-methyl/N-ethyl adjacent to an activating group) is 1. The average molecular weight is 223 g/mol. The van der Waals surface area contributed by atoms with Crippen LogP contribution in [0.1, 0.15) is 50.3 Å². The molecule has 0 aliphatic heterocycles. The Morgan fingerprint density at radius 2 is 2.00 bits per heavy atom. The first-order valence-electron chi connectivity index (χ1n) is 6.26.